The van der Waals surface area contributed by atoms with Crippen LogP contribution in [-0.4, -0.2) is 51.5 Å². The Morgan fingerprint density at radius 1 is 1.40 bits per heavy atom. The Bertz CT molecular complexity index is 725. The van der Waals surface area contributed by atoms with Crippen LogP contribution in [0.25, 0.3) is 0 Å². The van der Waals surface area contributed by atoms with Gasteiger partial charge in [-0.25, -0.2) is 0 Å². The highest BCUT2D eigenvalue weighted by Gasteiger charge is 2.33. The Labute approximate surface area is 146 Å². The number of fused-ring (bicyclic) bond motifs is 1. The summed E-state index contributed by atoms with van der Waals surface area (Å²) in [6.07, 6.45) is 5.97. The highest BCUT2D eigenvalue weighted by Crippen LogP contribution is 2.26. The minimum absolute atomic E-state index is 0.0110. The lowest BCUT2D eigenvalue weighted by molar-refractivity contribution is -0.0196. The van der Waals surface area contributed by atoms with Gasteiger partial charge in [-0.15, -0.1) is 0 Å². The number of aliphatic hydroxyl groups excluding tert-OH is 1. The van der Waals surface area contributed by atoms with Crippen LogP contribution in [0.2, 0.25) is 0 Å². The third kappa shape index (κ3) is 3.21. The normalized spacial score (nSPS) is 21.8. The molecule has 1 amide bonds. The molecular formula is C18H23N3O4. The summed E-state index contributed by atoms with van der Waals surface area (Å²) in [5.41, 5.74) is 1.73. The van der Waals surface area contributed by atoms with Crippen molar-refractivity contribution >= 4 is 5.91 Å². The van der Waals surface area contributed by atoms with Gasteiger partial charge in [0, 0.05) is 19.5 Å². The van der Waals surface area contributed by atoms with Gasteiger partial charge in [0.15, 0.2) is 0 Å². The Balaban J connectivity index is 1.52. The number of amides is 1. The standard InChI is InChI=1S/C18H23N3O4/c22-16(17-5-3-8-25-17)10-13-12-24-9-7-20(13)18(23)14-11-19-21-6-2-1-4-15(14)21/h3,5,8,11,13,16,22H,1-2,4,6-7,9-10,12H2/t13-,16-/m0/s1. The highest BCUT2D eigenvalue weighted by atomic mass is 16.5. The van der Waals surface area contributed by atoms with Gasteiger partial charge < -0.3 is 19.2 Å². The van der Waals surface area contributed by atoms with Crippen LogP contribution in [0.5, 0.6) is 0 Å². The Kier molecular flexibility index (Phi) is 4.59. The number of furan rings is 1. The number of carbonyl (C=O) groups excluding carboxylic acids is 1. The van der Waals surface area contributed by atoms with Crippen molar-refractivity contribution in [2.75, 3.05) is 19.8 Å². The van der Waals surface area contributed by atoms with E-state index in [1.165, 1.54) is 6.26 Å². The van der Waals surface area contributed by atoms with Crippen molar-refractivity contribution in [2.24, 2.45) is 0 Å². The number of aromatic nitrogens is 2. The second-order valence-corrected chi connectivity index (χ2v) is 6.68. The van der Waals surface area contributed by atoms with Gasteiger partial charge in [0.25, 0.3) is 5.91 Å². The van der Waals surface area contributed by atoms with Crippen LogP contribution in [0.1, 0.15) is 47.2 Å². The Morgan fingerprint density at radius 3 is 3.16 bits per heavy atom. The van der Waals surface area contributed by atoms with Crippen LogP contribution in [0.3, 0.4) is 0 Å². The average molecular weight is 345 g/mol. The quantitative estimate of drug-likeness (QED) is 0.913. The molecular weight excluding hydrogens is 322 g/mol. The fraction of sp³-hybridized carbons (Fsp3) is 0.556. The number of morpholine rings is 1. The third-order valence-corrected chi connectivity index (χ3v) is 5.07. The number of aliphatic hydroxyl groups is 1. The summed E-state index contributed by atoms with van der Waals surface area (Å²) >= 11 is 0. The van der Waals surface area contributed by atoms with Crippen LogP contribution in [0.15, 0.2) is 29.0 Å². The molecule has 2 aliphatic heterocycles. The van der Waals surface area contributed by atoms with E-state index < -0.39 is 6.10 Å². The molecule has 0 saturated carbocycles. The molecule has 1 fully saturated rings. The average Bonchev–Trinajstić information content (AvgIpc) is 3.31. The van der Waals surface area contributed by atoms with Gasteiger partial charge in [0.2, 0.25) is 0 Å². The van der Waals surface area contributed by atoms with Crippen molar-refractivity contribution in [1.29, 1.82) is 0 Å². The van der Waals surface area contributed by atoms with E-state index in [4.69, 9.17) is 9.15 Å². The molecule has 2 aliphatic rings. The largest absolute Gasteiger partial charge is 0.467 e. The molecule has 4 rings (SSSR count). The van der Waals surface area contributed by atoms with E-state index >= 15 is 0 Å². The molecule has 7 nitrogen and oxygen atoms in total. The Hall–Kier alpha value is -2.12. The van der Waals surface area contributed by atoms with Gasteiger partial charge in [-0.1, -0.05) is 0 Å². The van der Waals surface area contributed by atoms with Gasteiger partial charge in [-0.05, 0) is 31.4 Å². The number of ether oxygens (including phenoxy) is 1. The van der Waals surface area contributed by atoms with Crippen molar-refractivity contribution < 1.29 is 19.1 Å². The molecule has 0 aliphatic carbocycles. The van der Waals surface area contributed by atoms with Gasteiger partial charge in [0.1, 0.15) is 11.9 Å². The first-order valence-corrected chi connectivity index (χ1v) is 8.89. The topological polar surface area (TPSA) is 80.7 Å². The molecule has 0 unspecified atom stereocenters. The van der Waals surface area contributed by atoms with Crippen molar-refractivity contribution in [1.82, 2.24) is 14.7 Å². The van der Waals surface area contributed by atoms with E-state index in [9.17, 15) is 9.90 Å². The number of rotatable bonds is 4. The van der Waals surface area contributed by atoms with E-state index in [0.29, 0.717) is 37.5 Å². The second kappa shape index (κ2) is 7.01. The third-order valence-electron chi connectivity index (χ3n) is 5.07. The molecule has 134 valence electrons. The molecule has 4 heterocycles. The lowest BCUT2D eigenvalue weighted by Gasteiger charge is -2.36. The summed E-state index contributed by atoms with van der Waals surface area (Å²) in [6, 6.07) is 3.31. The fourth-order valence-electron chi connectivity index (χ4n) is 3.73. The lowest BCUT2D eigenvalue weighted by Crippen LogP contribution is -2.49. The predicted molar refractivity (Wildman–Crippen MR) is 89.1 cm³/mol. The van der Waals surface area contributed by atoms with Crippen LogP contribution in [0.4, 0.5) is 0 Å². The van der Waals surface area contributed by atoms with E-state index in [0.717, 1.165) is 31.5 Å². The highest BCUT2D eigenvalue weighted by molar-refractivity contribution is 5.95. The summed E-state index contributed by atoms with van der Waals surface area (Å²) in [5, 5.41) is 14.8. The number of hydrogen-bond acceptors (Lipinski definition) is 5. The molecule has 2 atom stereocenters. The maximum absolute atomic E-state index is 13.1. The molecule has 0 aromatic carbocycles. The summed E-state index contributed by atoms with van der Waals surface area (Å²) < 4.78 is 12.8. The fourth-order valence-corrected chi connectivity index (χ4v) is 3.73. The van der Waals surface area contributed by atoms with Gasteiger partial charge in [0.05, 0.1) is 43.0 Å². The molecule has 7 heteroatoms. The summed E-state index contributed by atoms with van der Waals surface area (Å²) in [4.78, 5) is 14.9. The molecule has 0 spiro atoms. The molecule has 0 radical (unpaired) electrons. The van der Waals surface area contributed by atoms with Gasteiger partial charge >= 0.3 is 0 Å². The number of carbonyl (C=O) groups is 1. The first-order valence-electron chi connectivity index (χ1n) is 8.89. The molecule has 25 heavy (non-hydrogen) atoms. The summed E-state index contributed by atoms with van der Waals surface area (Å²) in [6.45, 7) is 2.35. The SMILES string of the molecule is O=C(c1cnn2c1CCCC2)N1CCOC[C@@H]1C[C@H](O)c1ccco1. The minimum Gasteiger partial charge on any atom is -0.467 e. The van der Waals surface area contributed by atoms with E-state index in [1.807, 2.05) is 9.58 Å². The van der Waals surface area contributed by atoms with Crippen LogP contribution in [-0.2, 0) is 17.7 Å². The molecule has 2 aromatic rings. The predicted octanol–water partition coefficient (Wildman–Crippen LogP) is 1.78. The van der Waals surface area contributed by atoms with Gasteiger partial charge in [-0.3, -0.25) is 9.48 Å². The Morgan fingerprint density at radius 2 is 2.32 bits per heavy atom. The molecule has 2 aromatic heterocycles. The van der Waals surface area contributed by atoms with Gasteiger partial charge in [-0.2, -0.15) is 5.10 Å². The van der Waals surface area contributed by atoms with E-state index in [2.05, 4.69) is 5.10 Å². The van der Waals surface area contributed by atoms with E-state index in [1.54, 1.807) is 18.3 Å². The second-order valence-electron chi connectivity index (χ2n) is 6.68. The van der Waals surface area contributed by atoms with E-state index in [-0.39, 0.29) is 11.9 Å². The zero-order chi connectivity index (χ0) is 17.2. The van der Waals surface area contributed by atoms with Crippen LogP contribution < -0.4 is 0 Å². The monoisotopic (exact) mass is 345 g/mol. The summed E-state index contributed by atoms with van der Waals surface area (Å²) in [7, 11) is 0. The number of hydrogen-bond donors (Lipinski definition) is 1. The van der Waals surface area contributed by atoms with Crippen LogP contribution in [0, 0.1) is 0 Å². The minimum atomic E-state index is -0.752. The zero-order valence-electron chi connectivity index (χ0n) is 14.1. The van der Waals surface area contributed by atoms with Crippen molar-refractivity contribution in [3.8, 4) is 0 Å². The van der Waals surface area contributed by atoms with Crippen molar-refractivity contribution in [3.63, 3.8) is 0 Å². The summed E-state index contributed by atoms with van der Waals surface area (Å²) in [5.74, 6) is 0.504. The molecule has 1 N–H and O–H groups in total. The molecule has 1 saturated heterocycles. The van der Waals surface area contributed by atoms with Crippen LogP contribution >= 0.6 is 0 Å². The number of nitrogens with zero attached hydrogens (tertiary/aromatic N) is 3. The maximum Gasteiger partial charge on any atom is 0.257 e. The first kappa shape index (κ1) is 16.4. The first-order chi connectivity index (χ1) is 12.2. The lowest BCUT2D eigenvalue weighted by atomic mass is 10.0. The van der Waals surface area contributed by atoms with Crippen molar-refractivity contribution in [3.05, 3.63) is 41.6 Å². The van der Waals surface area contributed by atoms with Crippen molar-refractivity contribution in [2.45, 2.75) is 44.4 Å². The smallest absolute Gasteiger partial charge is 0.257 e. The zero-order valence-corrected chi connectivity index (χ0v) is 14.1. The maximum atomic E-state index is 13.1. The number of aryl methyl sites for hydroxylation is 1. The molecule has 0 bridgehead atoms.